The Balaban J connectivity index is 1.76. The Labute approximate surface area is 196 Å². The molecule has 8 nitrogen and oxygen atoms in total. The molecule has 5 rings (SSSR count). The minimum Gasteiger partial charge on any atom is -0.358 e. The molecule has 11 heteroatoms. The number of H-pyrrole nitrogens is 1. The number of fused-ring (bicyclic) bond motifs is 2. The number of hydrogen-bond acceptors (Lipinski definition) is 6. The third-order valence-corrected chi connectivity index (χ3v) is 5.81. The normalized spacial score (nSPS) is 12.4. The van der Waals surface area contributed by atoms with Gasteiger partial charge in [-0.1, -0.05) is 30.1 Å². The highest BCUT2D eigenvalue weighted by atomic mass is 35.5. The quantitative estimate of drug-likeness (QED) is 0.362. The van der Waals surface area contributed by atoms with Gasteiger partial charge in [-0.15, -0.1) is 0 Å². The van der Waals surface area contributed by atoms with Gasteiger partial charge in [-0.2, -0.15) is 0 Å². The number of nitrogens with zero attached hydrogens (tertiary/aromatic N) is 5. The van der Waals surface area contributed by atoms with Gasteiger partial charge in [-0.3, -0.25) is 9.36 Å². The van der Waals surface area contributed by atoms with Crippen LogP contribution < -0.4 is 10.9 Å². The summed E-state index contributed by atoms with van der Waals surface area (Å²) in [6.07, 6.45) is 3.47. The highest BCUT2D eigenvalue weighted by molar-refractivity contribution is 6.34. The average molecular weight is 484 g/mol. The van der Waals surface area contributed by atoms with Crippen LogP contribution in [0.4, 0.5) is 10.2 Å². The summed E-state index contributed by atoms with van der Waals surface area (Å²) in [5.41, 5.74) is 1.36. The second-order valence-electron chi connectivity index (χ2n) is 7.29. The predicted octanol–water partition coefficient (Wildman–Crippen LogP) is 5.06. The predicted molar refractivity (Wildman–Crippen MR) is 126 cm³/mol. The number of rotatable bonds is 5. The smallest absolute Gasteiger partial charge is 0.266 e. The number of hydrogen-bond donors (Lipinski definition) is 2. The molecule has 0 radical (unpaired) electrons. The molecule has 2 aromatic carbocycles. The minimum atomic E-state index is -0.537. The summed E-state index contributed by atoms with van der Waals surface area (Å²) >= 11 is 12.7. The highest BCUT2D eigenvalue weighted by Crippen LogP contribution is 2.29. The summed E-state index contributed by atoms with van der Waals surface area (Å²) in [7, 11) is 0. The molecule has 33 heavy (non-hydrogen) atoms. The Morgan fingerprint density at radius 2 is 2.00 bits per heavy atom. The number of imidazole rings is 1. The lowest BCUT2D eigenvalue weighted by atomic mass is 10.1. The van der Waals surface area contributed by atoms with Gasteiger partial charge in [0.1, 0.15) is 23.5 Å². The fraction of sp³-hybridized carbons (Fsp3) is 0.136. The first-order valence-corrected chi connectivity index (χ1v) is 10.8. The summed E-state index contributed by atoms with van der Waals surface area (Å²) in [5.74, 6) is 0.309. The van der Waals surface area contributed by atoms with Crippen LogP contribution in [0.2, 0.25) is 10.0 Å². The Kier molecular flexibility index (Phi) is 5.43. The molecule has 0 unspecified atom stereocenters. The Morgan fingerprint density at radius 3 is 2.82 bits per heavy atom. The van der Waals surface area contributed by atoms with Crippen LogP contribution in [-0.4, -0.2) is 29.5 Å². The van der Waals surface area contributed by atoms with Crippen molar-refractivity contribution in [2.24, 2.45) is 0 Å². The first kappa shape index (κ1) is 21.3. The van der Waals surface area contributed by atoms with Crippen LogP contribution in [0.15, 0.2) is 53.8 Å². The topological polar surface area (TPSA) is 101 Å². The molecule has 2 N–H and O–H groups in total. The maximum Gasteiger partial charge on any atom is 0.266 e. The number of nitrogens with one attached hydrogen (secondary N) is 2. The maximum atomic E-state index is 14.0. The second-order valence-corrected chi connectivity index (χ2v) is 8.14. The Bertz CT molecular complexity index is 1570. The van der Waals surface area contributed by atoms with Crippen LogP contribution in [0.3, 0.4) is 0 Å². The van der Waals surface area contributed by atoms with Crippen molar-refractivity contribution in [3.05, 3.63) is 81.1 Å². The number of aromatic amines is 1. The van der Waals surface area contributed by atoms with Gasteiger partial charge in [0.2, 0.25) is 0 Å². The van der Waals surface area contributed by atoms with E-state index in [1.165, 1.54) is 29.4 Å². The van der Waals surface area contributed by atoms with Gasteiger partial charge in [0.15, 0.2) is 11.5 Å². The van der Waals surface area contributed by atoms with E-state index in [4.69, 9.17) is 28.2 Å². The molecule has 0 saturated carbocycles. The highest BCUT2D eigenvalue weighted by Gasteiger charge is 2.23. The number of halogens is 3. The van der Waals surface area contributed by atoms with Crippen molar-refractivity contribution in [3.63, 3.8) is 0 Å². The fourth-order valence-corrected chi connectivity index (χ4v) is 4.05. The summed E-state index contributed by atoms with van der Waals surface area (Å²) in [4.78, 5) is 34.0. The van der Waals surface area contributed by atoms with Crippen molar-refractivity contribution in [2.75, 3.05) is 5.32 Å². The molecule has 0 spiro atoms. The van der Waals surface area contributed by atoms with E-state index in [-0.39, 0.29) is 5.39 Å². The summed E-state index contributed by atoms with van der Waals surface area (Å²) in [5, 5.41) is 4.13. The number of benzene rings is 2. The van der Waals surface area contributed by atoms with Crippen LogP contribution in [-0.2, 0) is 0 Å². The van der Waals surface area contributed by atoms with Crippen molar-refractivity contribution in [1.82, 2.24) is 29.5 Å². The molecule has 0 aliphatic carbocycles. The van der Waals surface area contributed by atoms with Gasteiger partial charge >= 0.3 is 0 Å². The van der Waals surface area contributed by atoms with Crippen molar-refractivity contribution >= 4 is 51.1 Å². The average Bonchev–Trinajstić information content (AvgIpc) is 3.29. The van der Waals surface area contributed by atoms with Crippen molar-refractivity contribution in [1.29, 1.82) is 0 Å². The number of anilines is 1. The van der Waals surface area contributed by atoms with E-state index in [0.29, 0.717) is 50.5 Å². The van der Waals surface area contributed by atoms with Crippen LogP contribution in [0.25, 0.3) is 27.8 Å². The lowest BCUT2D eigenvalue weighted by Gasteiger charge is -2.22. The second kappa shape index (κ2) is 8.42. The standard InChI is InChI=1S/C22H16Cl2FN7O/c1-2-15(30-20-18-19(27-9-26-18)28-10-29-20)21-31-16-6-4-12(25)8-13(16)22(33)32(21)17-7-11(23)3-5-14(17)24/h3-10,15H,2H2,1H3,(H2,26,27,28,29,30)/t15-/m1/s1. The van der Waals surface area contributed by atoms with Gasteiger partial charge in [-0.25, -0.2) is 24.3 Å². The van der Waals surface area contributed by atoms with E-state index in [2.05, 4.69) is 25.3 Å². The summed E-state index contributed by atoms with van der Waals surface area (Å²) in [6.45, 7) is 1.94. The zero-order chi connectivity index (χ0) is 23.1. The van der Waals surface area contributed by atoms with Crippen LogP contribution in [0.1, 0.15) is 25.2 Å². The van der Waals surface area contributed by atoms with E-state index in [9.17, 15) is 9.18 Å². The van der Waals surface area contributed by atoms with E-state index in [1.807, 2.05) is 6.92 Å². The number of aromatic nitrogens is 6. The van der Waals surface area contributed by atoms with E-state index in [0.717, 1.165) is 6.07 Å². The van der Waals surface area contributed by atoms with Gasteiger partial charge in [-0.05, 0) is 42.8 Å². The molecule has 0 amide bonds. The zero-order valence-electron chi connectivity index (χ0n) is 17.2. The molecule has 0 aliphatic rings. The molecule has 0 aliphatic heterocycles. The minimum absolute atomic E-state index is 0.126. The largest absolute Gasteiger partial charge is 0.358 e. The molecule has 1 atom stereocenters. The monoisotopic (exact) mass is 483 g/mol. The van der Waals surface area contributed by atoms with Crippen molar-refractivity contribution in [3.8, 4) is 5.69 Å². The van der Waals surface area contributed by atoms with Gasteiger partial charge in [0.25, 0.3) is 5.56 Å². The lowest BCUT2D eigenvalue weighted by Crippen LogP contribution is -2.28. The molecule has 0 saturated heterocycles. The Hall–Kier alpha value is -3.56. The SMILES string of the molecule is CC[C@@H](Nc1ncnc2[nH]cnc12)c1nc2ccc(F)cc2c(=O)n1-c1cc(Cl)ccc1Cl. The van der Waals surface area contributed by atoms with Gasteiger partial charge < -0.3 is 10.3 Å². The van der Waals surface area contributed by atoms with Crippen LogP contribution in [0, 0.1) is 5.82 Å². The molecule has 3 heterocycles. The summed E-state index contributed by atoms with van der Waals surface area (Å²) in [6, 6.07) is 8.22. The van der Waals surface area contributed by atoms with E-state index in [1.54, 1.807) is 18.2 Å². The molecule has 3 aromatic heterocycles. The lowest BCUT2D eigenvalue weighted by molar-refractivity contribution is 0.628. The van der Waals surface area contributed by atoms with Crippen molar-refractivity contribution < 1.29 is 4.39 Å². The molecule has 166 valence electrons. The van der Waals surface area contributed by atoms with E-state index >= 15 is 0 Å². The molecule has 0 bridgehead atoms. The summed E-state index contributed by atoms with van der Waals surface area (Å²) < 4.78 is 15.3. The van der Waals surface area contributed by atoms with Gasteiger partial charge in [0, 0.05) is 5.02 Å². The zero-order valence-corrected chi connectivity index (χ0v) is 18.7. The first-order valence-electron chi connectivity index (χ1n) is 10.0. The third-order valence-electron chi connectivity index (χ3n) is 5.25. The molecular formula is C22H16Cl2FN7O. The Morgan fingerprint density at radius 1 is 1.15 bits per heavy atom. The van der Waals surface area contributed by atoms with Crippen LogP contribution in [0.5, 0.6) is 0 Å². The van der Waals surface area contributed by atoms with E-state index < -0.39 is 17.4 Å². The third kappa shape index (κ3) is 3.79. The van der Waals surface area contributed by atoms with Crippen LogP contribution >= 0.6 is 23.2 Å². The fourth-order valence-electron chi connectivity index (χ4n) is 3.68. The van der Waals surface area contributed by atoms with Crippen molar-refractivity contribution in [2.45, 2.75) is 19.4 Å². The maximum absolute atomic E-state index is 14.0. The first-order chi connectivity index (χ1) is 16.0. The van der Waals surface area contributed by atoms with Gasteiger partial charge in [0.05, 0.1) is 34.0 Å². The molecule has 0 fully saturated rings. The molecular weight excluding hydrogens is 468 g/mol. The molecule has 5 aromatic rings.